The van der Waals surface area contributed by atoms with Gasteiger partial charge in [0, 0.05) is 18.4 Å². The third-order valence-corrected chi connectivity index (χ3v) is 2.73. The highest BCUT2D eigenvalue weighted by Crippen LogP contribution is 2.18. The molecule has 1 amide bonds. The summed E-state index contributed by atoms with van der Waals surface area (Å²) in [4.78, 5) is 27.6. The summed E-state index contributed by atoms with van der Waals surface area (Å²) in [6.45, 7) is 0.101. The van der Waals surface area contributed by atoms with E-state index in [1.807, 2.05) is 0 Å². The summed E-state index contributed by atoms with van der Waals surface area (Å²) >= 11 is 0. The molecular formula is C11H14N8O. The van der Waals surface area contributed by atoms with Crippen molar-refractivity contribution in [2.45, 2.75) is 18.9 Å². The Morgan fingerprint density at radius 1 is 1.40 bits per heavy atom. The predicted molar refractivity (Wildman–Crippen MR) is 71.0 cm³/mol. The van der Waals surface area contributed by atoms with Gasteiger partial charge in [0.1, 0.15) is 6.33 Å². The second-order valence-electron chi connectivity index (χ2n) is 4.48. The highest BCUT2D eigenvalue weighted by atomic mass is 16.2. The van der Waals surface area contributed by atoms with Crippen molar-refractivity contribution in [2.24, 2.45) is 0 Å². The van der Waals surface area contributed by atoms with Crippen molar-refractivity contribution in [3.05, 3.63) is 18.7 Å². The molecule has 0 unspecified atom stereocenters. The molecule has 0 radical (unpaired) electrons. The summed E-state index contributed by atoms with van der Waals surface area (Å²) < 4.78 is 1.60. The minimum atomic E-state index is -0.0873. The van der Waals surface area contributed by atoms with Gasteiger partial charge in [-0.15, -0.1) is 0 Å². The van der Waals surface area contributed by atoms with E-state index in [9.17, 15) is 4.79 Å². The highest BCUT2D eigenvalue weighted by molar-refractivity contribution is 5.80. The van der Waals surface area contributed by atoms with Crippen LogP contribution in [-0.4, -0.2) is 43.0 Å². The van der Waals surface area contributed by atoms with Gasteiger partial charge in [0.2, 0.25) is 23.8 Å². The number of nitrogen functional groups attached to an aromatic ring is 1. The van der Waals surface area contributed by atoms with E-state index in [2.05, 4.69) is 30.6 Å². The standard InChI is InChI=1S/C11H14N8O/c12-9-16-10(14-5-8(20)15-7-1-2-7)18-11(17-9)19-4-3-13-6-19/h3-4,6-7H,1-2,5H2,(H,15,20)(H3,12,14,16,17,18). The van der Waals surface area contributed by atoms with E-state index in [0.717, 1.165) is 12.8 Å². The van der Waals surface area contributed by atoms with Crippen LogP contribution in [0.15, 0.2) is 18.7 Å². The van der Waals surface area contributed by atoms with Gasteiger partial charge in [-0.3, -0.25) is 9.36 Å². The summed E-state index contributed by atoms with van der Waals surface area (Å²) in [5, 5.41) is 5.69. The summed E-state index contributed by atoms with van der Waals surface area (Å²) in [6, 6.07) is 0.328. The Bertz CT molecular complexity index is 607. The predicted octanol–water partition coefficient (Wildman–Crippen LogP) is -0.670. The fourth-order valence-corrected chi connectivity index (χ4v) is 1.62. The second kappa shape index (κ2) is 5.11. The summed E-state index contributed by atoms with van der Waals surface area (Å²) in [5.74, 6) is 0.594. The van der Waals surface area contributed by atoms with Crippen LogP contribution in [0.4, 0.5) is 11.9 Å². The Labute approximate surface area is 114 Å². The molecule has 2 heterocycles. The molecule has 9 nitrogen and oxygen atoms in total. The zero-order valence-electron chi connectivity index (χ0n) is 10.7. The van der Waals surface area contributed by atoms with Crippen LogP contribution in [0.2, 0.25) is 0 Å². The maximum absolute atomic E-state index is 11.6. The molecule has 4 N–H and O–H groups in total. The second-order valence-corrected chi connectivity index (χ2v) is 4.48. The van der Waals surface area contributed by atoms with Crippen molar-refractivity contribution in [3.8, 4) is 5.95 Å². The molecule has 1 aliphatic carbocycles. The Balaban J connectivity index is 1.67. The lowest BCUT2D eigenvalue weighted by atomic mass is 10.5. The van der Waals surface area contributed by atoms with Gasteiger partial charge < -0.3 is 16.4 Å². The van der Waals surface area contributed by atoms with E-state index in [0.29, 0.717) is 12.0 Å². The van der Waals surface area contributed by atoms with Crippen LogP contribution in [0.5, 0.6) is 0 Å². The molecule has 2 aromatic rings. The molecule has 1 aliphatic rings. The largest absolute Gasteiger partial charge is 0.368 e. The highest BCUT2D eigenvalue weighted by Gasteiger charge is 2.23. The number of rotatable bonds is 5. The fraction of sp³-hybridized carbons (Fsp3) is 0.364. The SMILES string of the molecule is Nc1nc(NCC(=O)NC2CC2)nc(-n2ccnc2)n1. The van der Waals surface area contributed by atoms with Crippen LogP contribution in [-0.2, 0) is 4.79 Å². The number of aromatic nitrogens is 5. The Morgan fingerprint density at radius 3 is 2.95 bits per heavy atom. The van der Waals surface area contributed by atoms with Gasteiger partial charge >= 0.3 is 0 Å². The fourth-order valence-electron chi connectivity index (χ4n) is 1.62. The Kier molecular flexibility index (Phi) is 3.15. The van der Waals surface area contributed by atoms with E-state index < -0.39 is 0 Å². The van der Waals surface area contributed by atoms with Crippen LogP contribution in [0.3, 0.4) is 0 Å². The van der Waals surface area contributed by atoms with E-state index in [4.69, 9.17) is 5.73 Å². The zero-order valence-corrected chi connectivity index (χ0v) is 10.7. The number of imidazole rings is 1. The van der Waals surface area contributed by atoms with Crippen molar-refractivity contribution in [1.82, 2.24) is 29.8 Å². The van der Waals surface area contributed by atoms with Gasteiger partial charge in [-0.05, 0) is 12.8 Å². The molecule has 0 spiro atoms. The van der Waals surface area contributed by atoms with Crippen LogP contribution >= 0.6 is 0 Å². The molecule has 9 heteroatoms. The molecule has 1 fully saturated rings. The number of hydrogen-bond acceptors (Lipinski definition) is 7. The quantitative estimate of drug-likeness (QED) is 0.660. The first-order valence-corrected chi connectivity index (χ1v) is 6.24. The lowest BCUT2D eigenvalue weighted by Gasteiger charge is -2.07. The molecule has 104 valence electrons. The maximum atomic E-state index is 11.6. The van der Waals surface area contributed by atoms with Crippen molar-refractivity contribution >= 4 is 17.8 Å². The molecule has 1 saturated carbocycles. The van der Waals surface area contributed by atoms with Crippen LogP contribution in [0.1, 0.15) is 12.8 Å². The number of hydrogen-bond donors (Lipinski definition) is 3. The van der Waals surface area contributed by atoms with Crippen LogP contribution in [0, 0.1) is 0 Å². The molecule has 0 aromatic carbocycles. The third kappa shape index (κ3) is 2.99. The normalized spacial score (nSPS) is 14.0. The van der Waals surface area contributed by atoms with Gasteiger partial charge in [0.25, 0.3) is 0 Å². The summed E-state index contributed by atoms with van der Waals surface area (Å²) in [6.07, 6.45) is 6.96. The minimum Gasteiger partial charge on any atom is -0.368 e. The molecule has 0 atom stereocenters. The molecule has 3 rings (SSSR count). The molecule has 20 heavy (non-hydrogen) atoms. The van der Waals surface area contributed by atoms with Crippen molar-refractivity contribution in [3.63, 3.8) is 0 Å². The minimum absolute atomic E-state index is 0.0776. The monoisotopic (exact) mass is 274 g/mol. The molecule has 2 aromatic heterocycles. The number of nitrogens with zero attached hydrogens (tertiary/aromatic N) is 5. The average molecular weight is 274 g/mol. The van der Waals surface area contributed by atoms with E-state index in [-0.39, 0.29) is 24.3 Å². The first-order valence-electron chi connectivity index (χ1n) is 6.24. The molecule has 0 saturated heterocycles. The van der Waals surface area contributed by atoms with Gasteiger partial charge in [-0.1, -0.05) is 0 Å². The van der Waals surface area contributed by atoms with Gasteiger partial charge in [-0.2, -0.15) is 15.0 Å². The van der Waals surface area contributed by atoms with E-state index in [1.54, 1.807) is 23.3 Å². The van der Waals surface area contributed by atoms with Crippen LogP contribution < -0.4 is 16.4 Å². The van der Waals surface area contributed by atoms with E-state index in [1.165, 1.54) is 0 Å². The Morgan fingerprint density at radius 2 is 2.25 bits per heavy atom. The average Bonchev–Trinajstić information content (AvgIpc) is 3.06. The summed E-state index contributed by atoms with van der Waals surface area (Å²) in [5.41, 5.74) is 5.63. The number of nitrogens with one attached hydrogen (secondary N) is 2. The summed E-state index contributed by atoms with van der Waals surface area (Å²) in [7, 11) is 0. The first kappa shape index (κ1) is 12.3. The van der Waals surface area contributed by atoms with Crippen LogP contribution in [0.25, 0.3) is 5.95 Å². The molecule has 0 bridgehead atoms. The molecular weight excluding hydrogens is 260 g/mol. The number of anilines is 2. The molecule has 0 aliphatic heterocycles. The van der Waals surface area contributed by atoms with Crippen molar-refractivity contribution in [1.29, 1.82) is 0 Å². The van der Waals surface area contributed by atoms with Gasteiger partial charge in [0.05, 0.1) is 6.54 Å². The zero-order chi connectivity index (χ0) is 13.9. The van der Waals surface area contributed by atoms with Gasteiger partial charge in [-0.25, -0.2) is 4.98 Å². The Hall–Kier alpha value is -2.71. The third-order valence-electron chi connectivity index (χ3n) is 2.73. The lowest BCUT2D eigenvalue weighted by Crippen LogP contribution is -2.31. The number of carbonyl (C=O) groups is 1. The van der Waals surface area contributed by atoms with Crippen molar-refractivity contribution in [2.75, 3.05) is 17.6 Å². The van der Waals surface area contributed by atoms with Crippen molar-refractivity contribution < 1.29 is 4.79 Å². The van der Waals surface area contributed by atoms with Gasteiger partial charge in [0.15, 0.2) is 0 Å². The maximum Gasteiger partial charge on any atom is 0.241 e. The van der Waals surface area contributed by atoms with E-state index >= 15 is 0 Å². The first-order chi connectivity index (χ1) is 9.70. The number of amides is 1. The lowest BCUT2D eigenvalue weighted by molar-refractivity contribution is -0.119. The smallest absolute Gasteiger partial charge is 0.241 e. The number of carbonyl (C=O) groups excluding carboxylic acids is 1. The number of nitrogens with two attached hydrogens (primary N) is 1. The topological polar surface area (TPSA) is 124 Å².